The largest absolute Gasteiger partial charge is 0.384 e. The Kier molecular flexibility index (Phi) is 5.58. The zero-order chi connectivity index (χ0) is 12.8. The summed E-state index contributed by atoms with van der Waals surface area (Å²) in [6.07, 6.45) is 3.09. The fraction of sp³-hybridized carbons (Fsp3) is 0.455. The van der Waals surface area contributed by atoms with Gasteiger partial charge in [0.15, 0.2) is 0 Å². The molecule has 0 aromatic heterocycles. The van der Waals surface area contributed by atoms with Crippen LogP contribution in [0, 0.1) is 17.0 Å². The minimum absolute atomic E-state index is 0.0599. The van der Waals surface area contributed by atoms with E-state index in [0.29, 0.717) is 10.6 Å². The molecular weight excluding hydrogens is 260 g/mol. The van der Waals surface area contributed by atoms with Crippen molar-refractivity contribution in [1.29, 1.82) is 0 Å². The molecule has 17 heavy (non-hydrogen) atoms. The van der Waals surface area contributed by atoms with E-state index < -0.39 is 4.92 Å². The van der Waals surface area contributed by atoms with E-state index >= 15 is 0 Å². The second-order valence-electron chi connectivity index (χ2n) is 3.65. The van der Waals surface area contributed by atoms with Crippen molar-refractivity contribution in [2.75, 3.05) is 23.9 Å². The van der Waals surface area contributed by atoms with Crippen LogP contribution >= 0.6 is 23.4 Å². The first kappa shape index (κ1) is 14.1. The molecule has 94 valence electrons. The minimum atomic E-state index is -0.418. The molecule has 0 atom stereocenters. The normalized spacial score (nSPS) is 10.3. The van der Waals surface area contributed by atoms with Crippen molar-refractivity contribution in [3.8, 4) is 0 Å². The summed E-state index contributed by atoms with van der Waals surface area (Å²) in [5, 5.41) is 14.3. The maximum absolute atomic E-state index is 10.7. The molecule has 0 unspecified atom stereocenters. The number of aryl methyl sites for hydroxylation is 1. The molecule has 0 bridgehead atoms. The van der Waals surface area contributed by atoms with Crippen molar-refractivity contribution in [3.63, 3.8) is 0 Å². The molecule has 0 heterocycles. The van der Waals surface area contributed by atoms with Crippen LogP contribution < -0.4 is 5.32 Å². The van der Waals surface area contributed by atoms with Gasteiger partial charge in [0.05, 0.1) is 15.6 Å². The summed E-state index contributed by atoms with van der Waals surface area (Å²) >= 11 is 7.77. The number of nitrogens with one attached hydrogen (secondary N) is 1. The lowest BCUT2D eigenvalue weighted by atomic mass is 10.2. The number of thioether (sulfide) groups is 1. The number of hydrogen-bond donors (Lipinski definition) is 1. The lowest BCUT2D eigenvalue weighted by Crippen LogP contribution is -2.04. The third-order valence-corrected chi connectivity index (χ3v) is 3.33. The standard InChI is InChI=1S/C11H15ClN2O2S/c1-8-6-10(13-4-3-5-17-2)9(12)7-11(8)14(15)16/h6-7,13H,3-5H2,1-2H3. The summed E-state index contributed by atoms with van der Waals surface area (Å²) in [6, 6.07) is 3.12. The van der Waals surface area contributed by atoms with Crippen LogP contribution in [0.15, 0.2) is 12.1 Å². The number of rotatable bonds is 6. The Bertz CT molecular complexity index is 413. The third kappa shape index (κ3) is 4.09. The van der Waals surface area contributed by atoms with Gasteiger partial charge in [0.1, 0.15) is 0 Å². The molecule has 0 spiro atoms. The number of nitro benzene ring substituents is 1. The molecule has 0 radical (unpaired) electrons. The Morgan fingerprint density at radius 3 is 2.82 bits per heavy atom. The Morgan fingerprint density at radius 1 is 1.53 bits per heavy atom. The second kappa shape index (κ2) is 6.71. The summed E-state index contributed by atoms with van der Waals surface area (Å²) in [7, 11) is 0. The Morgan fingerprint density at radius 2 is 2.24 bits per heavy atom. The molecule has 4 nitrogen and oxygen atoms in total. The molecule has 1 N–H and O–H groups in total. The summed E-state index contributed by atoms with van der Waals surface area (Å²) < 4.78 is 0. The van der Waals surface area contributed by atoms with Crippen molar-refractivity contribution in [2.24, 2.45) is 0 Å². The summed E-state index contributed by atoms with van der Waals surface area (Å²) in [5.74, 6) is 1.08. The average molecular weight is 275 g/mol. The quantitative estimate of drug-likeness (QED) is 0.488. The van der Waals surface area contributed by atoms with Crippen LogP contribution in [0.2, 0.25) is 5.02 Å². The molecule has 1 rings (SSSR count). The van der Waals surface area contributed by atoms with Gasteiger partial charge in [-0.05, 0) is 31.4 Å². The zero-order valence-electron chi connectivity index (χ0n) is 9.83. The molecule has 0 aliphatic carbocycles. The lowest BCUT2D eigenvalue weighted by molar-refractivity contribution is -0.385. The molecule has 0 aliphatic rings. The van der Waals surface area contributed by atoms with E-state index in [1.807, 2.05) is 0 Å². The van der Waals surface area contributed by atoms with E-state index in [4.69, 9.17) is 11.6 Å². The van der Waals surface area contributed by atoms with Crippen LogP contribution in [-0.2, 0) is 0 Å². The van der Waals surface area contributed by atoms with E-state index in [-0.39, 0.29) is 5.69 Å². The first-order valence-corrected chi connectivity index (χ1v) is 7.00. The fourth-order valence-corrected chi connectivity index (χ4v) is 2.10. The van der Waals surface area contributed by atoms with Gasteiger partial charge in [-0.25, -0.2) is 0 Å². The Hall–Kier alpha value is -0.940. The third-order valence-electron chi connectivity index (χ3n) is 2.32. The predicted molar refractivity (Wildman–Crippen MR) is 74.3 cm³/mol. The monoisotopic (exact) mass is 274 g/mol. The van der Waals surface area contributed by atoms with Crippen molar-refractivity contribution in [1.82, 2.24) is 0 Å². The molecule has 0 fully saturated rings. The highest BCUT2D eigenvalue weighted by atomic mass is 35.5. The van der Waals surface area contributed by atoms with Gasteiger partial charge in [-0.2, -0.15) is 11.8 Å². The maximum Gasteiger partial charge on any atom is 0.273 e. The van der Waals surface area contributed by atoms with Gasteiger partial charge in [-0.3, -0.25) is 10.1 Å². The van der Waals surface area contributed by atoms with Crippen molar-refractivity contribution in [3.05, 3.63) is 32.8 Å². The maximum atomic E-state index is 10.7. The van der Waals surface area contributed by atoms with E-state index in [9.17, 15) is 10.1 Å². The molecule has 0 aliphatic heterocycles. The zero-order valence-corrected chi connectivity index (χ0v) is 11.4. The highest BCUT2D eigenvalue weighted by molar-refractivity contribution is 7.98. The van der Waals surface area contributed by atoms with Gasteiger partial charge >= 0.3 is 0 Å². The first-order valence-electron chi connectivity index (χ1n) is 5.23. The van der Waals surface area contributed by atoms with E-state index in [0.717, 1.165) is 24.4 Å². The van der Waals surface area contributed by atoms with Crippen molar-refractivity contribution >= 4 is 34.7 Å². The van der Waals surface area contributed by atoms with E-state index in [1.54, 1.807) is 24.8 Å². The topological polar surface area (TPSA) is 55.2 Å². The van der Waals surface area contributed by atoms with Crippen LogP contribution in [-0.4, -0.2) is 23.5 Å². The highest BCUT2D eigenvalue weighted by Gasteiger charge is 2.13. The molecular formula is C11H15ClN2O2S. The van der Waals surface area contributed by atoms with Gasteiger partial charge in [-0.15, -0.1) is 0 Å². The van der Waals surface area contributed by atoms with Gasteiger partial charge in [0.2, 0.25) is 0 Å². The van der Waals surface area contributed by atoms with E-state index in [1.165, 1.54) is 6.07 Å². The number of hydrogen-bond acceptors (Lipinski definition) is 4. The minimum Gasteiger partial charge on any atom is -0.384 e. The van der Waals surface area contributed by atoms with Crippen LogP contribution in [0.25, 0.3) is 0 Å². The summed E-state index contributed by atoms with van der Waals surface area (Å²) in [5.41, 5.74) is 1.44. The van der Waals surface area contributed by atoms with Crippen molar-refractivity contribution < 1.29 is 4.92 Å². The first-order chi connectivity index (χ1) is 8.06. The number of nitro groups is 1. The molecule has 0 amide bonds. The number of halogens is 1. The predicted octanol–water partition coefficient (Wildman–Crippen LogP) is 3.72. The number of benzene rings is 1. The van der Waals surface area contributed by atoms with Crippen LogP contribution in [0.5, 0.6) is 0 Å². The second-order valence-corrected chi connectivity index (χ2v) is 5.04. The molecule has 0 saturated carbocycles. The van der Waals surface area contributed by atoms with Crippen LogP contribution in [0.1, 0.15) is 12.0 Å². The van der Waals surface area contributed by atoms with Gasteiger partial charge < -0.3 is 5.32 Å². The Balaban J connectivity index is 2.74. The number of nitrogens with zero attached hydrogens (tertiary/aromatic N) is 1. The van der Waals surface area contributed by atoms with E-state index in [2.05, 4.69) is 11.6 Å². The van der Waals surface area contributed by atoms with Crippen LogP contribution in [0.3, 0.4) is 0 Å². The average Bonchev–Trinajstić information content (AvgIpc) is 2.28. The van der Waals surface area contributed by atoms with Crippen molar-refractivity contribution in [2.45, 2.75) is 13.3 Å². The molecule has 1 aromatic carbocycles. The molecule has 1 aromatic rings. The fourth-order valence-electron chi connectivity index (χ4n) is 1.44. The van der Waals surface area contributed by atoms with Gasteiger partial charge in [0.25, 0.3) is 5.69 Å². The highest BCUT2D eigenvalue weighted by Crippen LogP contribution is 2.30. The molecule has 6 heteroatoms. The summed E-state index contributed by atoms with van der Waals surface area (Å²) in [4.78, 5) is 10.3. The number of anilines is 1. The lowest BCUT2D eigenvalue weighted by Gasteiger charge is -2.09. The Labute approximate surface area is 110 Å². The SMILES string of the molecule is CSCCCNc1cc(C)c([N+](=O)[O-])cc1Cl. The smallest absolute Gasteiger partial charge is 0.273 e. The molecule has 0 saturated heterocycles. The summed E-state index contributed by atoms with van der Waals surface area (Å²) in [6.45, 7) is 2.53. The van der Waals surface area contributed by atoms with Gasteiger partial charge in [0, 0.05) is 18.2 Å². The van der Waals surface area contributed by atoms with Crippen LogP contribution in [0.4, 0.5) is 11.4 Å². The van der Waals surface area contributed by atoms with Gasteiger partial charge in [-0.1, -0.05) is 11.6 Å².